The van der Waals surface area contributed by atoms with Crippen molar-refractivity contribution in [2.75, 3.05) is 19.6 Å². The predicted octanol–water partition coefficient (Wildman–Crippen LogP) is 1.93. The molecule has 1 heterocycles. The molecule has 1 atom stereocenters. The Morgan fingerprint density at radius 1 is 1.39 bits per heavy atom. The van der Waals surface area contributed by atoms with E-state index >= 15 is 0 Å². The van der Waals surface area contributed by atoms with Gasteiger partial charge >= 0.3 is 12.0 Å². The predicted molar refractivity (Wildman–Crippen MR) is 69.4 cm³/mol. The zero-order valence-corrected chi connectivity index (χ0v) is 11.3. The number of piperidine rings is 1. The smallest absolute Gasteiger partial charge is 0.317 e. The van der Waals surface area contributed by atoms with E-state index < -0.39 is 11.9 Å². The highest BCUT2D eigenvalue weighted by molar-refractivity contribution is 5.76. The van der Waals surface area contributed by atoms with Crippen LogP contribution in [0.25, 0.3) is 0 Å². The molecule has 2 N–H and O–H groups in total. The van der Waals surface area contributed by atoms with E-state index in [1.807, 2.05) is 0 Å². The zero-order valence-electron chi connectivity index (χ0n) is 11.3. The summed E-state index contributed by atoms with van der Waals surface area (Å²) in [4.78, 5) is 24.5. The van der Waals surface area contributed by atoms with E-state index in [1.165, 1.54) is 0 Å². The third kappa shape index (κ3) is 4.20. The minimum absolute atomic E-state index is 0.118. The van der Waals surface area contributed by atoms with Crippen LogP contribution >= 0.6 is 0 Å². The van der Waals surface area contributed by atoms with Crippen molar-refractivity contribution in [1.82, 2.24) is 10.2 Å². The van der Waals surface area contributed by atoms with Gasteiger partial charge in [0, 0.05) is 19.6 Å². The molecular weight excluding hydrogens is 232 g/mol. The van der Waals surface area contributed by atoms with Crippen LogP contribution in [0.4, 0.5) is 4.79 Å². The number of carbonyl (C=O) groups is 2. The molecule has 0 aromatic rings. The number of carbonyl (C=O) groups excluding carboxylic acids is 1. The Bertz CT molecular complexity index is 290. The first-order valence-electron chi connectivity index (χ1n) is 6.84. The van der Waals surface area contributed by atoms with E-state index in [-0.39, 0.29) is 6.03 Å². The number of nitrogens with one attached hydrogen (secondary N) is 1. The molecule has 1 saturated heterocycles. The summed E-state index contributed by atoms with van der Waals surface area (Å²) in [5.41, 5.74) is 0. The summed E-state index contributed by atoms with van der Waals surface area (Å²) in [5.74, 6) is -0.695. The van der Waals surface area contributed by atoms with E-state index in [2.05, 4.69) is 19.2 Å². The van der Waals surface area contributed by atoms with Crippen molar-refractivity contribution < 1.29 is 14.7 Å². The van der Waals surface area contributed by atoms with Gasteiger partial charge in [0.25, 0.3) is 0 Å². The van der Waals surface area contributed by atoms with Crippen LogP contribution in [0.15, 0.2) is 0 Å². The van der Waals surface area contributed by atoms with Crippen LogP contribution in [0, 0.1) is 11.8 Å². The molecule has 1 aliphatic heterocycles. The number of urea groups is 1. The molecule has 0 spiro atoms. The third-order valence-corrected chi connectivity index (χ3v) is 3.75. The van der Waals surface area contributed by atoms with Crippen molar-refractivity contribution in [3.8, 4) is 0 Å². The van der Waals surface area contributed by atoms with Crippen molar-refractivity contribution in [3.63, 3.8) is 0 Å². The van der Waals surface area contributed by atoms with Gasteiger partial charge in [-0.05, 0) is 18.8 Å². The first kappa shape index (κ1) is 14.8. The lowest BCUT2D eigenvalue weighted by Crippen LogP contribution is -2.47. The summed E-state index contributed by atoms with van der Waals surface area (Å²) in [6.45, 7) is 5.91. The molecule has 5 nitrogen and oxygen atoms in total. The number of carboxylic acid groups (broad SMARTS) is 1. The number of hydrogen-bond donors (Lipinski definition) is 2. The quantitative estimate of drug-likeness (QED) is 0.789. The average Bonchev–Trinajstić information content (AvgIpc) is 2.39. The van der Waals surface area contributed by atoms with Crippen LogP contribution in [0.5, 0.6) is 0 Å². The first-order valence-corrected chi connectivity index (χ1v) is 6.84. The van der Waals surface area contributed by atoms with Gasteiger partial charge in [-0.15, -0.1) is 0 Å². The molecular formula is C13H24N2O3. The van der Waals surface area contributed by atoms with Gasteiger partial charge < -0.3 is 15.3 Å². The monoisotopic (exact) mass is 256 g/mol. The number of hydrogen-bond acceptors (Lipinski definition) is 2. The fraction of sp³-hybridized carbons (Fsp3) is 0.846. The molecule has 2 amide bonds. The lowest BCUT2D eigenvalue weighted by Gasteiger charge is -2.31. The fourth-order valence-corrected chi connectivity index (χ4v) is 2.28. The van der Waals surface area contributed by atoms with Crippen molar-refractivity contribution in [2.24, 2.45) is 11.8 Å². The second-order valence-corrected chi connectivity index (χ2v) is 4.99. The van der Waals surface area contributed by atoms with Gasteiger partial charge in [-0.3, -0.25) is 4.79 Å². The molecule has 0 unspecified atom stereocenters. The Morgan fingerprint density at radius 2 is 2.06 bits per heavy atom. The van der Waals surface area contributed by atoms with Crippen molar-refractivity contribution in [2.45, 2.75) is 39.5 Å². The second kappa shape index (κ2) is 7.24. The Labute approximate surface area is 109 Å². The van der Waals surface area contributed by atoms with E-state index in [9.17, 15) is 9.59 Å². The molecule has 0 saturated carbocycles. The molecule has 1 fully saturated rings. The summed E-state index contributed by atoms with van der Waals surface area (Å²) in [6.07, 6.45) is 3.55. The topological polar surface area (TPSA) is 69.6 Å². The molecule has 1 aliphatic rings. The van der Waals surface area contributed by atoms with Gasteiger partial charge in [-0.2, -0.15) is 0 Å². The van der Waals surface area contributed by atoms with E-state index in [1.54, 1.807) is 4.90 Å². The molecule has 104 valence electrons. The summed E-state index contributed by atoms with van der Waals surface area (Å²) in [6, 6.07) is -0.118. The minimum atomic E-state index is -0.799. The average molecular weight is 256 g/mol. The molecule has 0 aromatic carbocycles. The zero-order chi connectivity index (χ0) is 13.5. The number of likely N-dealkylation sites (tertiary alicyclic amines) is 1. The Balaban J connectivity index is 2.39. The van der Waals surface area contributed by atoms with Crippen LogP contribution in [0.1, 0.15) is 39.5 Å². The Hall–Kier alpha value is -1.26. The Morgan fingerprint density at radius 3 is 2.61 bits per heavy atom. The van der Waals surface area contributed by atoms with E-state index in [0.29, 0.717) is 32.0 Å². The number of aliphatic carboxylic acids is 1. The highest BCUT2D eigenvalue weighted by Crippen LogP contribution is 2.16. The standard InChI is InChI=1S/C13H24N2O3/c1-3-10(4-2)8-14-13(18)15-7-5-6-11(9-15)12(16)17/h10-11H,3-9H2,1-2H3,(H,14,18)(H,16,17)/t11-/m0/s1. The van der Waals surface area contributed by atoms with Crippen LogP contribution in [0.2, 0.25) is 0 Å². The van der Waals surface area contributed by atoms with Gasteiger partial charge in [0.2, 0.25) is 0 Å². The van der Waals surface area contributed by atoms with Crippen LogP contribution in [-0.4, -0.2) is 41.6 Å². The maximum atomic E-state index is 11.9. The number of amides is 2. The SMILES string of the molecule is CCC(CC)CNC(=O)N1CCC[C@H](C(=O)O)C1. The van der Waals surface area contributed by atoms with Gasteiger partial charge in [-0.25, -0.2) is 4.79 Å². The summed E-state index contributed by atoms with van der Waals surface area (Å²) in [5, 5.41) is 11.9. The first-order chi connectivity index (χ1) is 8.58. The third-order valence-electron chi connectivity index (χ3n) is 3.75. The summed E-state index contributed by atoms with van der Waals surface area (Å²) in [7, 11) is 0. The Kier molecular flexibility index (Phi) is 5.95. The van der Waals surface area contributed by atoms with Crippen molar-refractivity contribution >= 4 is 12.0 Å². The van der Waals surface area contributed by atoms with Crippen molar-refractivity contribution in [3.05, 3.63) is 0 Å². The molecule has 0 aliphatic carbocycles. The van der Waals surface area contributed by atoms with Crippen LogP contribution in [-0.2, 0) is 4.79 Å². The highest BCUT2D eigenvalue weighted by atomic mass is 16.4. The normalized spacial score (nSPS) is 19.9. The fourth-order valence-electron chi connectivity index (χ4n) is 2.28. The summed E-state index contributed by atoms with van der Waals surface area (Å²) >= 11 is 0. The van der Waals surface area contributed by atoms with Gasteiger partial charge in [0.05, 0.1) is 5.92 Å². The molecule has 18 heavy (non-hydrogen) atoms. The minimum Gasteiger partial charge on any atom is -0.481 e. The molecule has 0 bridgehead atoms. The van der Waals surface area contributed by atoms with Gasteiger partial charge in [0.15, 0.2) is 0 Å². The largest absolute Gasteiger partial charge is 0.481 e. The number of nitrogens with zero attached hydrogens (tertiary/aromatic N) is 1. The molecule has 5 heteroatoms. The van der Waals surface area contributed by atoms with Crippen molar-refractivity contribution in [1.29, 1.82) is 0 Å². The maximum Gasteiger partial charge on any atom is 0.317 e. The van der Waals surface area contributed by atoms with Crippen LogP contribution < -0.4 is 5.32 Å². The van der Waals surface area contributed by atoms with Gasteiger partial charge in [-0.1, -0.05) is 26.7 Å². The van der Waals surface area contributed by atoms with Crippen LogP contribution in [0.3, 0.4) is 0 Å². The second-order valence-electron chi connectivity index (χ2n) is 4.99. The molecule has 0 aromatic heterocycles. The van der Waals surface area contributed by atoms with E-state index in [4.69, 9.17) is 5.11 Å². The lowest BCUT2D eigenvalue weighted by atomic mass is 9.98. The highest BCUT2D eigenvalue weighted by Gasteiger charge is 2.28. The number of rotatable bonds is 5. The lowest BCUT2D eigenvalue weighted by molar-refractivity contribution is -0.143. The molecule has 1 rings (SSSR count). The van der Waals surface area contributed by atoms with Gasteiger partial charge in [0.1, 0.15) is 0 Å². The maximum absolute atomic E-state index is 11.9. The summed E-state index contributed by atoms with van der Waals surface area (Å²) < 4.78 is 0. The van der Waals surface area contributed by atoms with E-state index in [0.717, 1.165) is 19.3 Å². The molecule has 0 radical (unpaired) electrons. The number of carboxylic acids is 1.